The molecule has 1 aromatic heterocycles. The van der Waals surface area contributed by atoms with Crippen molar-refractivity contribution in [3.05, 3.63) is 99.6 Å². The first-order chi connectivity index (χ1) is 14.0. The van der Waals surface area contributed by atoms with Gasteiger partial charge in [-0.3, -0.25) is 4.79 Å². The maximum atomic E-state index is 13.0. The summed E-state index contributed by atoms with van der Waals surface area (Å²) in [7, 11) is 0. The summed E-state index contributed by atoms with van der Waals surface area (Å²) in [4.78, 5) is 13.0. The van der Waals surface area contributed by atoms with Crippen molar-refractivity contribution in [2.45, 2.75) is 13.5 Å². The second-order valence-corrected chi connectivity index (χ2v) is 6.68. The van der Waals surface area contributed by atoms with E-state index in [-0.39, 0.29) is 17.7 Å². The van der Waals surface area contributed by atoms with E-state index in [1.165, 1.54) is 12.1 Å². The lowest BCUT2D eigenvalue weighted by atomic mass is 10.0. The molecular formula is C23H19NO5. The van der Waals surface area contributed by atoms with Gasteiger partial charge in [-0.25, -0.2) is 5.21 Å². The van der Waals surface area contributed by atoms with E-state index in [9.17, 15) is 10.0 Å². The minimum Gasteiger partial charge on any atom is -0.595 e. The molecule has 29 heavy (non-hydrogen) atoms. The van der Waals surface area contributed by atoms with Crippen molar-refractivity contribution in [3.8, 4) is 16.9 Å². The maximum Gasteiger partial charge on any atom is 0.200 e. The molecule has 0 spiro atoms. The van der Waals surface area contributed by atoms with Crippen molar-refractivity contribution in [2.75, 3.05) is 0 Å². The summed E-state index contributed by atoms with van der Waals surface area (Å²) >= 11 is 0. The second-order valence-electron chi connectivity index (χ2n) is 6.68. The number of quaternary nitrogens is 1. The summed E-state index contributed by atoms with van der Waals surface area (Å²) in [6.45, 7) is 2.05. The third kappa shape index (κ3) is 3.90. The molecule has 0 fully saturated rings. The molecule has 0 amide bonds. The van der Waals surface area contributed by atoms with Crippen molar-refractivity contribution in [1.29, 1.82) is 0 Å². The van der Waals surface area contributed by atoms with E-state index in [0.717, 1.165) is 11.1 Å². The fourth-order valence-corrected chi connectivity index (χ4v) is 3.22. The average molecular weight is 389 g/mol. The molecule has 4 rings (SSSR count). The minimum atomic E-state index is -0.965. The fraction of sp³-hybridized carbons (Fsp3) is 0.0870. The van der Waals surface area contributed by atoms with Crippen LogP contribution in [0.25, 0.3) is 22.1 Å². The summed E-state index contributed by atoms with van der Waals surface area (Å²) in [6.07, 6.45) is 0. The van der Waals surface area contributed by atoms with Gasteiger partial charge in [-0.1, -0.05) is 30.3 Å². The van der Waals surface area contributed by atoms with Gasteiger partial charge in [-0.2, -0.15) is 5.23 Å². The lowest BCUT2D eigenvalue weighted by Crippen LogP contribution is -2.99. The molecule has 1 heterocycles. The lowest BCUT2D eigenvalue weighted by Gasteiger charge is -2.12. The molecule has 3 aromatic carbocycles. The molecule has 0 radical (unpaired) electrons. The third-order valence-electron chi connectivity index (χ3n) is 4.71. The Morgan fingerprint density at radius 2 is 1.76 bits per heavy atom. The molecule has 1 atom stereocenters. The van der Waals surface area contributed by atoms with Crippen molar-refractivity contribution >= 4 is 16.7 Å². The molecule has 0 bridgehead atoms. The van der Waals surface area contributed by atoms with Gasteiger partial charge in [-0.05, 0) is 42.3 Å². The van der Waals surface area contributed by atoms with E-state index in [1.807, 2.05) is 30.3 Å². The van der Waals surface area contributed by atoms with E-state index < -0.39 is 5.23 Å². The van der Waals surface area contributed by atoms with Gasteiger partial charge in [0.2, 0.25) is 5.43 Å². The molecule has 2 N–H and O–H groups in total. The van der Waals surface area contributed by atoms with Crippen LogP contribution in [0.4, 0.5) is 5.69 Å². The molecule has 0 aliphatic heterocycles. The SMILES string of the molecule is Cc1oc2cc(OCc3ccc([NH+]([O-])O)cc3)ccc2c(=O)c1-c1ccccc1. The number of hydrogen-bond donors (Lipinski definition) is 2. The first-order valence-corrected chi connectivity index (χ1v) is 9.11. The van der Waals surface area contributed by atoms with Crippen LogP contribution in [0.3, 0.4) is 0 Å². The van der Waals surface area contributed by atoms with Crippen molar-refractivity contribution < 1.29 is 19.6 Å². The normalized spacial score (nSPS) is 12.1. The van der Waals surface area contributed by atoms with Gasteiger partial charge < -0.3 is 14.4 Å². The molecule has 0 saturated carbocycles. The maximum absolute atomic E-state index is 13.0. The predicted octanol–water partition coefficient (Wildman–Crippen LogP) is 3.75. The topological polar surface area (TPSA) is 87.2 Å². The number of aryl methyl sites for hydroxylation is 1. The Hall–Kier alpha value is -3.45. The monoisotopic (exact) mass is 389 g/mol. The first-order valence-electron chi connectivity index (χ1n) is 9.11. The van der Waals surface area contributed by atoms with Gasteiger partial charge in [0.1, 0.15) is 23.7 Å². The van der Waals surface area contributed by atoms with E-state index in [2.05, 4.69) is 0 Å². The van der Waals surface area contributed by atoms with Crippen LogP contribution in [0.15, 0.2) is 82.0 Å². The average Bonchev–Trinajstić information content (AvgIpc) is 2.73. The molecule has 6 heteroatoms. The van der Waals surface area contributed by atoms with E-state index >= 15 is 0 Å². The smallest absolute Gasteiger partial charge is 0.200 e. The Morgan fingerprint density at radius 3 is 2.45 bits per heavy atom. The molecule has 1 unspecified atom stereocenters. The highest BCUT2D eigenvalue weighted by molar-refractivity contribution is 5.83. The van der Waals surface area contributed by atoms with E-state index in [0.29, 0.717) is 28.0 Å². The number of ether oxygens (including phenoxy) is 1. The van der Waals surface area contributed by atoms with Gasteiger partial charge in [-0.15, -0.1) is 0 Å². The van der Waals surface area contributed by atoms with Crippen molar-refractivity contribution in [2.24, 2.45) is 0 Å². The van der Waals surface area contributed by atoms with Gasteiger partial charge in [0.05, 0.1) is 10.9 Å². The molecular weight excluding hydrogens is 370 g/mol. The van der Waals surface area contributed by atoms with Crippen LogP contribution in [0.2, 0.25) is 0 Å². The zero-order valence-corrected chi connectivity index (χ0v) is 15.7. The second kappa shape index (κ2) is 7.89. The molecule has 0 saturated heterocycles. The molecule has 6 nitrogen and oxygen atoms in total. The number of hydrogen-bond acceptors (Lipinski definition) is 5. The first kappa shape index (κ1) is 18.9. The van der Waals surface area contributed by atoms with Crippen LogP contribution in [0, 0.1) is 12.1 Å². The summed E-state index contributed by atoms with van der Waals surface area (Å²) in [5.74, 6) is 1.12. The highest BCUT2D eigenvalue weighted by Crippen LogP contribution is 2.26. The summed E-state index contributed by atoms with van der Waals surface area (Å²) in [5, 5.41) is 19.4. The van der Waals surface area contributed by atoms with Crippen molar-refractivity contribution in [1.82, 2.24) is 0 Å². The Labute approximate surface area is 166 Å². The standard InChI is InChI=1S/C23H19NO5/c1-15-22(17-5-3-2-4-6-17)23(25)20-12-11-19(13-21(20)29-15)28-14-16-7-9-18(10-8-16)24(26)27/h2-13,24,26H,14H2,1H3. The van der Waals surface area contributed by atoms with Crippen molar-refractivity contribution in [3.63, 3.8) is 0 Å². The van der Waals surface area contributed by atoms with Gasteiger partial charge in [0.25, 0.3) is 0 Å². The summed E-state index contributed by atoms with van der Waals surface area (Å²) in [5.41, 5.74) is 2.84. The zero-order valence-electron chi connectivity index (χ0n) is 15.7. The quantitative estimate of drug-likeness (QED) is 0.508. The highest BCUT2D eigenvalue weighted by Gasteiger charge is 2.14. The number of rotatable bonds is 5. The van der Waals surface area contributed by atoms with Crippen LogP contribution in [-0.2, 0) is 6.61 Å². The van der Waals surface area contributed by atoms with Gasteiger partial charge in [0, 0.05) is 18.2 Å². The molecule has 0 aliphatic rings. The van der Waals surface area contributed by atoms with Crippen LogP contribution < -0.4 is 15.4 Å². The Balaban J connectivity index is 1.60. The molecule has 4 aromatic rings. The minimum absolute atomic E-state index is 0.0780. The Bertz CT molecular complexity index is 1200. The fourth-order valence-electron chi connectivity index (χ4n) is 3.22. The van der Waals surface area contributed by atoms with Crippen LogP contribution in [-0.4, -0.2) is 5.21 Å². The lowest BCUT2D eigenvalue weighted by molar-refractivity contribution is -0.991. The Kier molecular flexibility index (Phi) is 5.14. The van der Waals surface area contributed by atoms with E-state index in [4.69, 9.17) is 14.4 Å². The highest BCUT2D eigenvalue weighted by atomic mass is 16.8. The predicted molar refractivity (Wildman–Crippen MR) is 109 cm³/mol. The Morgan fingerprint density at radius 1 is 1.03 bits per heavy atom. The molecule has 0 aliphatic carbocycles. The third-order valence-corrected chi connectivity index (χ3v) is 4.71. The van der Waals surface area contributed by atoms with E-state index in [1.54, 1.807) is 37.3 Å². The van der Waals surface area contributed by atoms with Crippen LogP contribution >= 0.6 is 0 Å². The zero-order chi connectivity index (χ0) is 20.4. The van der Waals surface area contributed by atoms with Gasteiger partial charge in [0.15, 0.2) is 5.69 Å². The largest absolute Gasteiger partial charge is 0.595 e. The summed E-state index contributed by atoms with van der Waals surface area (Å²) in [6, 6.07) is 21.1. The van der Waals surface area contributed by atoms with Crippen LogP contribution in [0.5, 0.6) is 5.75 Å². The molecule has 146 valence electrons. The number of benzene rings is 3. The van der Waals surface area contributed by atoms with Gasteiger partial charge >= 0.3 is 0 Å². The number of nitrogens with one attached hydrogen (secondary N) is 1. The number of fused-ring (bicyclic) bond motifs is 1. The summed E-state index contributed by atoms with van der Waals surface area (Å²) < 4.78 is 11.7. The van der Waals surface area contributed by atoms with Crippen LogP contribution in [0.1, 0.15) is 11.3 Å².